The predicted molar refractivity (Wildman–Crippen MR) is 47.8 cm³/mol. The van der Waals surface area contributed by atoms with Gasteiger partial charge < -0.3 is 0 Å². The maximum Gasteiger partial charge on any atom is 0.416 e. The number of hydrogen-bond donors (Lipinski definition) is 0. The van der Waals surface area contributed by atoms with Gasteiger partial charge in [-0.2, -0.15) is 13.2 Å². The first-order chi connectivity index (χ1) is 6.57. The van der Waals surface area contributed by atoms with Gasteiger partial charge in [0, 0.05) is 0 Å². The number of rotatable bonds is 0. The van der Waals surface area contributed by atoms with Gasteiger partial charge in [-0.15, -0.1) is 0 Å². The van der Waals surface area contributed by atoms with Crippen molar-refractivity contribution in [1.29, 1.82) is 0 Å². The van der Waals surface area contributed by atoms with E-state index in [1.54, 1.807) is 6.07 Å². The molecular weight excluding hydrogens is 189 g/mol. The summed E-state index contributed by atoms with van der Waals surface area (Å²) < 4.78 is 37.0. The summed E-state index contributed by atoms with van der Waals surface area (Å²) in [7, 11) is 0. The Hall–Kier alpha value is -0.990. The number of halogens is 3. The van der Waals surface area contributed by atoms with E-state index in [1.807, 2.05) is 6.42 Å². The van der Waals surface area contributed by atoms with Crippen molar-refractivity contribution in [1.82, 2.24) is 0 Å². The quantitative estimate of drug-likeness (QED) is 0.599. The van der Waals surface area contributed by atoms with Crippen molar-refractivity contribution < 1.29 is 13.2 Å². The van der Waals surface area contributed by atoms with E-state index in [9.17, 15) is 13.2 Å². The van der Waals surface area contributed by atoms with Gasteiger partial charge in [0.05, 0.1) is 5.56 Å². The molecule has 75 valence electrons. The van der Waals surface area contributed by atoms with Gasteiger partial charge in [-0.3, -0.25) is 0 Å². The van der Waals surface area contributed by atoms with Crippen LogP contribution in [0, 0.1) is 6.42 Å². The number of alkyl halides is 3. The molecule has 0 spiro atoms. The normalized spacial score (nSPS) is 16.5. The second-order valence-electron chi connectivity index (χ2n) is 3.51. The molecule has 0 nitrogen and oxygen atoms in total. The third-order valence-corrected chi connectivity index (χ3v) is 2.49. The van der Waals surface area contributed by atoms with E-state index >= 15 is 0 Å². The van der Waals surface area contributed by atoms with Gasteiger partial charge in [0.1, 0.15) is 0 Å². The lowest BCUT2D eigenvalue weighted by Crippen LogP contribution is -2.08. The minimum Gasteiger partial charge on any atom is -0.166 e. The Bertz CT molecular complexity index is 339. The fourth-order valence-corrected chi connectivity index (χ4v) is 1.74. The summed E-state index contributed by atoms with van der Waals surface area (Å²) in [6, 6.07) is 4.00. The molecule has 1 radical (unpaired) electrons. The molecule has 1 aromatic rings. The van der Waals surface area contributed by atoms with Crippen LogP contribution in [0.25, 0.3) is 0 Å². The van der Waals surface area contributed by atoms with Crippen molar-refractivity contribution in [2.45, 2.75) is 25.4 Å². The molecule has 0 unspecified atom stereocenters. The Kier molecular flexibility index (Phi) is 2.25. The van der Waals surface area contributed by atoms with Crippen LogP contribution < -0.4 is 0 Å². The summed E-state index contributed by atoms with van der Waals surface area (Å²) in [5.74, 6) is 0. The average molecular weight is 199 g/mol. The summed E-state index contributed by atoms with van der Waals surface area (Å²) in [6.07, 6.45) is 0.477. The van der Waals surface area contributed by atoms with E-state index in [1.165, 1.54) is 6.07 Å². The Morgan fingerprint density at radius 3 is 2.64 bits per heavy atom. The summed E-state index contributed by atoms with van der Waals surface area (Å²) in [5.41, 5.74) is 1.24. The predicted octanol–water partition coefficient (Wildman–Crippen LogP) is 3.59. The molecule has 0 saturated heterocycles. The molecule has 1 aliphatic rings. The van der Waals surface area contributed by atoms with E-state index in [0.29, 0.717) is 0 Å². The van der Waals surface area contributed by atoms with Crippen LogP contribution in [0.5, 0.6) is 0 Å². The first kappa shape index (κ1) is 9.56. The first-order valence-corrected chi connectivity index (χ1v) is 4.61. The van der Waals surface area contributed by atoms with Gasteiger partial charge in [0.2, 0.25) is 0 Å². The zero-order valence-corrected chi connectivity index (χ0v) is 7.56. The average Bonchev–Trinajstić information content (AvgIpc) is 2.16. The third kappa shape index (κ3) is 1.76. The fourth-order valence-electron chi connectivity index (χ4n) is 1.74. The van der Waals surface area contributed by atoms with E-state index in [-0.39, 0.29) is 0 Å². The molecule has 2 rings (SSSR count). The number of hydrogen-bond acceptors (Lipinski definition) is 0. The van der Waals surface area contributed by atoms with Crippen LogP contribution in [0.15, 0.2) is 18.2 Å². The van der Waals surface area contributed by atoms with Crippen LogP contribution in [-0.2, 0) is 12.6 Å². The number of fused-ring (bicyclic) bond motifs is 1. The molecule has 0 bridgehead atoms. The van der Waals surface area contributed by atoms with Crippen molar-refractivity contribution in [3.63, 3.8) is 0 Å². The molecular formula is C11H10F3. The summed E-state index contributed by atoms with van der Waals surface area (Å²) >= 11 is 0. The van der Waals surface area contributed by atoms with E-state index in [4.69, 9.17) is 0 Å². The summed E-state index contributed by atoms with van der Waals surface area (Å²) in [4.78, 5) is 0. The van der Waals surface area contributed by atoms with Gasteiger partial charge in [-0.05, 0) is 48.9 Å². The first-order valence-electron chi connectivity index (χ1n) is 4.61. The fraction of sp³-hybridized carbons (Fsp3) is 0.364. The highest BCUT2D eigenvalue weighted by Crippen LogP contribution is 2.32. The zero-order valence-electron chi connectivity index (χ0n) is 7.56. The molecule has 1 aromatic carbocycles. The van der Waals surface area contributed by atoms with Gasteiger partial charge >= 0.3 is 6.18 Å². The highest BCUT2D eigenvalue weighted by molar-refractivity contribution is 5.39. The van der Waals surface area contributed by atoms with Crippen molar-refractivity contribution in [3.05, 3.63) is 41.3 Å². The maximum atomic E-state index is 12.3. The SMILES string of the molecule is FC(F)(F)c1ccc2c(c1)[CH]CCC2. The lowest BCUT2D eigenvalue weighted by Gasteiger charge is -2.17. The summed E-state index contributed by atoms with van der Waals surface area (Å²) in [5, 5.41) is 0. The smallest absolute Gasteiger partial charge is 0.166 e. The highest BCUT2D eigenvalue weighted by atomic mass is 19.4. The van der Waals surface area contributed by atoms with Crippen molar-refractivity contribution in [2.75, 3.05) is 0 Å². The molecule has 0 atom stereocenters. The molecule has 0 aliphatic heterocycles. The second-order valence-corrected chi connectivity index (χ2v) is 3.51. The molecule has 0 saturated carbocycles. The molecule has 14 heavy (non-hydrogen) atoms. The van der Waals surface area contributed by atoms with Gasteiger partial charge in [0.15, 0.2) is 0 Å². The maximum absolute atomic E-state index is 12.3. The second kappa shape index (κ2) is 3.30. The number of aryl methyl sites for hydroxylation is 1. The van der Waals surface area contributed by atoms with Crippen molar-refractivity contribution in [2.24, 2.45) is 0 Å². The van der Waals surface area contributed by atoms with Crippen LogP contribution >= 0.6 is 0 Å². The van der Waals surface area contributed by atoms with Crippen molar-refractivity contribution >= 4 is 0 Å². The molecule has 0 aromatic heterocycles. The topological polar surface area (TPSA) is 0 Å². The Morgan fingerprint density at radius 1 is 1.14 bits per heavy atom. The number of benzene rings is 1. The summed E-state index contributed by atoms with van der Waals surface area (Å²) in [6.45, 7) is 0. The van der Waals surface area contributed by atoms with Gasteiger partial charge in [0.25, 0.3) is 0 Å². The molecule has 3 heteroatoms. The Labute approximate surface area is 80.7 Å². The van der Waals surface area contributed by atoms with E-state index in [0.717, 1.165) is 36.5 Å². The minimum absolute atomic E-state index is 0.547. The third-order valence-electron chi connectivity index (χ3n) is 2.49. The largest absolute Gasteiger partial charge is 0.416 e. The van der Waals surface area contributed by atoms with E-state index in [2.05, 4.69) is 0 Å². The zero-order chi connectivity index (χ0) is 10.2. The van der Waals surface area contributed by atoms with E-state index < -0.39 is 11.7 Å². The molecule has 0 N–H and O–H groups in total. The van der Waals surface area contributed by atoms with Gasteiger partial charge in [-0.25, -0.2) is 0 Å². The van der Waals surface area contributed by atoms with Crippen LogP contribution in [0.1, 0.15) is 29.5 Å². The van der Waals surface area contributed by atoms with Crippen LogP contribution in [-0.4, -0.2) is 0 Å². The van der Waals surface area contributed by atoms with Crippen LogP contribution in [0.4, 0.5) is 13.2 Å². The molecule has 0 amide bonds. The van der Waals surface area contributed by atoms with Gasteiger partial charge in [-0.1, -0.05) is 6.07 Å². The standard InChI is InChI=1S/C11H10F3/c12-11(13,14)10-6-5-8-3-1-2-4-9(8)7-10/h4-7H,1-3H2. The highest BCUT2D eigenvalue weighted by Gasteiger charge is 2.31. The minimum atomic E-state index is -4.22. The monoisotopic (exact) mass is 199 g/mol. The Morgan fingerprint density at radius 2 is 1.93 bits per heavy atom. The lowest BCUT2D eigenvalue weighted by molar-refractivity contribution is -0.137. The lowest BCUT2D eigenvalue weighted by atomic mass is 9.90. The molecule has 1 aliphatic carbocycles. The van der Waals surface area contributed by atoms with Crippen molar-refractivity contribution in [3.8, 4) is 0 Å². The molecule has 0 heterocycles. The molecule has 0 fully saturated rings. The Balaban J connectivity index is 2.39. The van der Waals surface area contributed by atoms with Crippen LogP contribution in [0.3, 0.4) is 0 Å². The van der Waals surface area contributed by atoms with Crippen LogP contribution in [0.2, 0.25) is 0 Å².